The molecule has 0 amide bonds. The third-order valence-corrected chi connectivity index (χ3v) is 5.55. The standard InChI is InChI=1S/C17H18FNO4S/c1-12-10-13(6-7-15(12)18)24(21,22)19-11-17(20)8-9-23-16-5-3-2-4-14(16)17/h2-7,10,19-20H,8-9,11H2,1H3. The second kappa shape index (κ2) is 6.16. The molecule has 1 aliphatic rings. The lowest BCUT2D eigenvalue weighted by Crippen LogP contribution is -2.43. The van der Waals surface area contributed by atoms with Gasteiger partial charge in [0.25, 0.3) is 0 Å². The number of benzene rings is 2. The summed E-state index contributed by atoms with van der Waals surface area (Å²) in [6.45, 7) is 1.60. The van der Waals surface area contributed by atoms with Crippen molar-refractivity contribution in [2.45, 2.75) is 23.8 Å². The molecule has 0 bridgehead atoms. The number of halogens is 1. The van der Waals surface area contributed by atoms with Crippen molar-refractivity contribution in [3.63, 3.8) is 0 Å². The Hall–Kier alpha value is -1.96. The first-order valence-electron chi connectivity index (χ1n) is 7.52. The van der Waals surface area contributed by atoms with Gasteiger partial charge in [-0.3, -0.25) is 0 Å². The van der Waals surface area contributed by atoms with Crippen molar-refractivity contribution in [3.8, 4) is 5.75 Å². The summed E-state index contributed by atoms with van der Waals surface area (Å²) in [5.74, 6) is 0.0778. The highest BCUT2D eigenvalue weighted by Gasteiger charge is 2.36. The minimum atomic E-state index is -3.86. The van der Waals surface area contributed by atoms with Crippen LogP contribution in [0.3, 0.4) is 0 Å². The Morgan fingerprint density at radius 2 is 2.04 bits per heavy atom. The summed E-state index contributed by atoms with van der Waals surface area (Å²) in [6.07, 6.45) is 0.273. The SMILES string of the molecule is Cc1cc(S(=O)(=O)NCC2(O)CCOc3ccccc32)ccc1F. The number of nitrogens with one attached hydrogen (secondary N) is 1. The maximum Gasteiger partial charge on any atom is 0.240 e. The van der Waals surface area contributed by atoms with E-state index in [-0.39, 0.29) is 23.4 Å². The molecule has 0 radical (unpaired) electrons. The average Bonchev–Trinajstić information content (AvgIpc) is 2.56. The first-order valence-corrected chi connectivity index (χ1v) is 9.01. The van der Waals surface area contributed by atoms with E-state index in [4.69, 9.17) is 4.74 Å². The lowest BCUT2D eigenvalue weighted by molar-refractivity contribution is 0.00219. The summed E-state index contributed by atoms with van der Waals surface area (Å²) in [7, 11) is -3.86. The van der Waals surface area contributed by atoms with E-state index in [2.05, 4.69) is 4.72 Å². The Morgan fingerprint density at radius 1 is 1.29 bits per heavy atom. The Labute approximate surface area is 140 Å². The zero-order valence-electron chi connectivity index (χ0n) is 13.1. The van der Waals surface area contributed by atoms with Crippen LogP contribution in [-0.4, -0.2) is 26.7 Å². The second-order valence-electron chi connectivity index (χ2n) is 5.86. The van der Waals surface area contributed by atoms with Crippen molar-refractivity contribution in [2.75, 3.05) is 13.2 Å². The molecule has 0 aromatic heterocycles. The number of ether oxygens (including phenoxy) is 1. The summed E-state index contributed by atoms with van der Waals surface area (Å²) >= 11 is 0. The van der Waals surface area contributed by atoms with E-state index >= 15 is 0 Å². The third kappa shape index (κ3) is 3.15. The van der Waals surface area contributed by atoms with Crippen molar-refractivity contribution < 1.29 is 22.7 Å². The van der Waals surface area contributed by atoms with Crippen LogP contribution < -0.4 is 9.46 Å². The molecule has 3 rings (SSSR count). The fourth-order valence-corrected chi connectivity index (χ4v) is 3.88. The number of hydrogen-bond acceptors (Lipinski definition) is 4. The normalized spacial score (nSPS) is 20.3. The van der Waals surface area contributed by atoms with E-state index in [1.807, 2.05) is 0 Å². The molecule has 7 heteroatoms. The van der Waals surface area contributed by atoms with Gasteiger partial charge in [-0.15, -0.1) is 0 Å². The fourth-order valence-electron chi connectivity index (χ4n) is 2.71. The zero-order valence-corrected chi connectivity index (χ0v) is 13.9. The highest BCUT2D eigenvalue weighted by Crippen LogP contribution is 2.36. The number of aryl methyl sites for hydroxylation is 1. The molecule has 2 aromatic rings. The van der Waals surface area contributed by atoms with Crippen LogP contribution in [-0.2, 0) is 15.6 Å². The molecule has 0 saturated heterocycles. The highest BCUT2D eigenvalue weighted by atomic mass is 32.2. The Morgan fingerprint density at radius 3 is 2.79 bits per heavy atom. The van der Waals surface area contributed by atoms with E-state index in [9.17, 15) is 17.9 Å². The number of hydrogen-bond donors (Lipinski definition) is 2. The van der Waals surface area contributed by atoms with Gasteiger partial charge < -0.3 is 9.84 Å². The molecule has 1 heterocycles. The third-order valence-electron chi connectivity index (χ3n) is 4.16. The lowest BCUT2D eigenvalue weighted by atomic mass is 9.88. The topological polar surface area (TPSA) is 75.6 Å². The van der Waals surface area contributed by atoms with Crippen LogP contribution in [0, 0.1) is 12.7 Å². The Bertz CT molecular complexity index is 869. The van der Waals surface area contributed by atoms with Crippen LogP contribution >= 0.6 is 0 Å². The highest BCUT2D eigenvalue weighted by molar-refractivity contribution is 7.89. The van der Waals surface area contributed by atoms with Gasteiger partial charge in [-0.25, -0.2) is 17.5 Å². The zero-order chi connectivity index (χ0) is 17.4. The van der Waals surface area contributed by atoms with Crippen LogP contribution in [0.1, 0.15) is 17.5 Å². The summed E-state index contributed by atoms with van der Waals surface area (Å²) in [4.78, 5) is -0.0367. The summed E-state index contributed by atoms with van der Waals surface area (Å²) in [5, 5.41) is 10.9. The first kappa shape index (κ1) is 16.9. The minimum absolute atomic E-state index is 0.0367. The summed E-state index contributed by atoms with van der Waals surface area (Å²) < 4.78 is 46.1. The van der Waals surface area contributed by atoms with E-state index in [1.54, 1.807) is 24.3 Å². The van der Waals surface area contributed by atoms with Crippen molar-refractivity contribution in [3.05, 3.63) is 59.4 Å². The molecule has 2 aromatic carbocycles. The minimum Gasteiger partial charge on any atom is -0.493 e. The van der Waals surface area contributed by atoms with Crippen LogP contribution in [0.25, 0.3) is 0 Å². The van der Waals surface area contributed by atoms with E-state index in [0.717, 1.165) is 6.07 Å². The van der Waals surface area contributed by atoms with Crippen LogP contribution in [0.15, 0.2) is 47.4 Å². The molecule has 2 N–H and O–H groups in total. The molecule has 1 atom stereocenters. The number of para-hydroxylation sites is 1. The number of fused-ring (bicyclic) bond motifs is 1. The Balaban J connectivity index is 1.83. The van der Waals surface area contributed by atoms with Gasteiger partial charge in [0.2, 0.25) is 10.0 Å². The average molecular weight is 351 g/mol. The molecule has 0 fully saturated rings. The predicted octanol–water partition coefficient (Wildman–Crippen LogP) is 2.08. The molecular formula is C17H18FNO4S. The van der Waals surface area contributed by atoms with Gasteiger partial charge in [0.05, 0.1) is 11.5 Å². The van der Waals surface area contributed by atoms with Gasteiger partial charge in [0.1, 0.15) is 17.2 Å². The van der Waals surface area contributed by atoms with Gasteiger partial charge >= 0.3 is 0 Å². The first-order chi connectivity index (χ1) is 11.3. The smallest absolute Gasteiger partial charge is 0.240 e. The summed E-state index contributed by atoms with van der Waals surface area (Å²) in [6, 6.07) is 10.6. The molecule has 1 unspecified atom stereocenters. The predicted molar refractivity (Wildman–Crippen MR) is 86.8 cm³/mol. The summed E-state index contributed by atoms with van der Waals surface area (Å²) in [5.41, 5.74) is -0.556. The Kier molecular flexibility index (Phi) is 4.33. The fraction of sp³-hybridized carbons (Fsp3) is 0.294. The molecule has 0 saturated carbocycles. The van der Waals surface area contributed by atoms with Crippen LogP contribution in [0.4, 0.5) is 4.39 Å². The monoisotopic (exact) mass is 351 g/mol. The molecule has 1 aliphatic heterocycles. The number of aliphatic hydroxyl groups is 1. The van der Waals surface area contributed by atoms with Gasteiger partial charge in [-0.05, 0) is 36.8 Å². The maximum absolute atomic E-state index is 13.3. The van der Waals surface area contributed by atoms with E-state index in [0.29, 0.717) is 17.9 Å². The largest absolute Gasteiger partial charge is 0.493 e. The van der Waals surface area contributed by atoms with Crippen LogP contribution in [0.2, 0.25) is 0 Å². The maximum atomic E-state index is 13.3. The van der Waals surface area contributed by atoms with Gasteiger partial charge in [0.15, 0.2) is 0 Å². The lowest BCUT2D eigenvalue weighted by Gasteiger charge is -2.34. The van der Waals surface area contributed by atoms with Crippen molar-refractivity contribution in [1.29, 1.82) is 0 Å². The van der Waals surface area contributed by atoms with Gasteiger partial charge in [-0.1, -0.05) is 18.2 Å². The molecule has 128 valence electrons. The van der Waals surface area contributed by atoms with E-state index in [1.165, 1.54) is 19.1 Å². The number of sulfonamides is 1. The van der Waals surface area contributed by atoms with Crippen LogP contribution in [0.5, 0.6) is 5.75 Å². The number of rotatable bonds is 4. The van der Waals surface area contributed by atoms with E-state index < -0.39 is 21.4 Å². The van der Waals surface area contributed by atoms with Gasteiger partial charge in [-0.2, -0.15) is 0 Å². The van der Waals surface area contributed by atoms with Crippen molar-refractivity contribution >= 4 is 10.0 Å². The molecule has 0 aliphatic carbocycles. The molecule has 5 nitrogen and oxygen atoms in total. The quantitative estimate of drug-likeness (QED) is 0.884. The molecule has 0 spiro atoms. The van der Waals surface area contributed by atoms with Crippen molar-refractivity contribution in [2.24, 2.45) is 0 Å². The molecule has 24 heavy (non-hydrogen) atoms. The second-order valence-corrected chi connectivity index (χ2v) is 7.63. The van der Waals surface area contributed by atoms with Gasteiger partial charge in [0, 0.05) is 18.5 Å². The molecular weight excluding hydrogens is 333 g/mol. The van der Waals surface area contributed by atoms with Crippen molar-refractivity contribution in [1.82, 2.24) is 4.72 Å².